The Bertz CT molecular complexity index is 883. The third kappa shape index (κ3) is 3.12. The maximum Gasteiger partial charge on any atom is 0.235 e. The molecule has 1 amide bonds. The molecule has 3 atom stereocenters. The third-order valence-corrected chi connectivity index (χ3v) is 6.73. The predicted molar refractivity (Wildman–Crippen MR) is 107 cm³/mol. The van der Waals surface area contributed by atoms with E-state index in [-0.39, 0.29) is 35.8 Å². The Morgan fingerprint density at radius 3 is 2.67 bits per heavy atom. The van der Waals surface area contributed by atoms with E-state index in [1.165, 1.54) is 27.6 Å². The van der Waals surface area contributed by atoms with E-state index < -0.39 is 0 Å². The van der Waals surface area contributed by atoms with Crippen LogP contribution in [-0.4, -0.2) is 59.5 Å². The number of H-pyrrole nitrogens is 1. The van der Waals surface area contributed by atoms with Gasteiger partial charge in [0.05, 0.1) is 20.1 Å². The molecular formula is C22H30IN3O. The van der Waals surface area contributed by atoms with Crippen molar-refractivity contribution in [2.45, 2.75) is 33.2 Å². The summed E-state index contributed by atoms with van der Waals surface area (Å²) in [4.78, 5) is 18.6. The Kier molecular flexibility index (Phi) is 5.73. The fourth-order valence-electron chi connectivity index (χ4n) is 5.03. The van der Waals surface area contributed by atoms with Gasteiger partial charge in [0.1, 0.15) is 12.0 Å². The fourth-order valence-corrected chi connectivity index (χ4v) is 5.03. The van der Waals surface area contributed by atoms with Crippen LogP contribution in [0.2, 0.25) is 0 Å². The lowest BCUT2D eigenvalue weighted by Gasteiger charge is -2.48. The molecule has 0 spiro atoms. The molecule has 146 valence electrons. The second kappa shape index (κ2) is 7.59. The van der Waals surface area contributed by atoms with Gasteiger partial charge in [-0.05, 0) is 38.0 Å². The summed E-state index contributed by atoms with van der Waals surface area (Å²) in [6.45, 7) is 9.91. The minimum Gasteiger partial charge on any atom is -1.00 e. The summed E-state index contributed by atoms with van der Waals surface area (Å²) in [5, 5.41) is 1.36. The average molecular weight is 479 g/mol. The van der Waals surface area contributed by atoms with Gasteiger partial charge in [0.2, 0.25) is 5.91 Å². The number of aromatic nitrogens is 1. The molecule has 1 aromatic heterocycles. The molecule has 1 aromatic carbocycles. The summed E-state index contributed by atoms with van der Waals surface area (Å²) in [5.41, 5.74) is 5.33. The average Bonchev–Trinajstić information content (AvgIpc) is 3.08. The molecule has 0 bridgehead atoms. The summed E-state index contributed by atoms with van der Waals surface area (Å²) in [6, 6.07) is 6.96. The van der Waals surface area contributed by atoms with E-state index in [4.69, 9.17) is 0 Å². The fraction of sp³-hybridized carbons (Fsp3) is 0.500. The van der Waals surface area contributed by atoms with Crippen molar-refractivity contribution in [2.24, 2.45) is 5.92 Å². The maximum atomic E-state index is 13.1. The lowest BCUT2D eigenvalue weighted by atomic mass is 9.78. The van der Waals surface area contributed by atoms with Crippen molar-refractivity contribution in [3.63, 3.8) is 0 Å². The van der Waals surface area contributed by atoms with E-state index in [0.29, 0.717) is 6.04 Å². The van der Waals surface area contributed by atoms with E-state index in [1.807, 2.05) is 4.90 Å². The van der Waals surface area contributed by atoms with Crippen molar-refractivity contribution in [1.82, 2.24) is 9.88 Å². The van der Waals surface area contributed by atoms with Crippen molar-refractivity contribution in [3.8, 4) is 0 Å². The van der Waals surface area contributed by atoms with Gasteiger partial charge in [-0.25, -0.2) is 0 Å². The molecule has 2 aromatic rings. The first-order valence-corrected chi connectivity index (χ1v) is 9.96. The molecule has 27 heavy (non-hydrogen) atoms. The number of hydrogen-bond acceptors (Lipinski definition) is 1. The first kappa shape index (κ1) is 20.4. The van der Waals surface area contributed by atoms with Crippen LogP contribution in [0.1, 0.15) is 31.9 Å². The molecule has 0 radical (unpaired) electrons. The van der Waals surface area contributed by atoms with E-state index in [2.05, 4.69) is 63.3 Å². The predicted octanol–water partition coefficient (Wildman–Crippen LogP) is 0.445. The number of aromatic amines is 1. The monoisotopic (exact) mass is 479 g/mol. The molecule has 5 heteroatoms. The van der Waals surface area contributed by atoms with E-state index in [1.54, 1.807) is 0 Å². The van der Waals surface area contributed by atoms with Gasteiger partial charge < -0.3 is 38.3 Å². The number of nitrogens with zero attached hydrogens (tertiary/aromatic N) is 2. The number of halogens is 1. The summed E-state index contributed by atoms with van der Waals surface area (Å²) in [7, 11) is 2.33. The summed E-state index contributed by atoms with van der Waals surface area (Å²) in [5.74, 6) is 0.257. The second-order valence-electron chi connectivity index (χ2n) is 7.98. The van der Waals surface area contributed by atoms with Crippen LogP contribution in [0.25, 0.3) is 16.5 Å². The van der Waals surface area contributed by atoms with Gasteiger partial charge in [0, 0.05) is 42.2 Å². The van der Waals surface area contributed by atoms with Gasteiger partial charge >= 0.3 is 0 Å². The van der Waals surface area contributed by atoms with E-state index in [0.717, 1.165) is 37.1 Å². The van der Waals surface area contributed by atoms with Gasteiger partial charge in [-0.1, -0.05) is 18.2 Å². The number of nitrogens with one attached hydrogen (secondary N) is 1. The molecule has 0 saturated heterocycles. The normalized spacial score (nSPS) is 26.1. The molecule has 2 aliphatic rings. The Hall–Kier alpha value is -1.34. The highest BCUT2D eigenvalue weighted by Crippen LogP contribution is 2.43. The number of quaternary nitrogens is 1. The molecule has 4 nitrogen and oxygen atoms in total. The molecule has 1 unspecified atom stereocenters. The summed E-state index contributed by atoms with van der Waals surface area (Å²) >= 11 is 0. The number of benzene rings is 1. The van der Waals surface area contributed by atoms with Gasteiger partial charge in [-0.2, -0.15) is 0 Å². The SMILES string of the molecule is CCN(CC)C(=O)[C@@H]1C=C2c3cccc4[nH]cc(c34)C[C@H]2[N+](C)(CC)C1.[I-]. The largest absolute Gasteiger partial charge is 1.00 e. The summed E-state index contributed by atoms with van der Waals surface area (Å²) in [6.07, 6.45) is 5.53. The van der Waals surface area contributed by atoms with Crippen molar-refractivity contribution in [1.29, 1.82) is 0 Å². The molecule has 1 aliphatic carbocycles. The number of fused-ring (bicyclic) bond motifs is 2. The van der Waals surface area contributed by atoms with Crippen molar-refractivity contribution in [2.75, 3.05) is 33.2 Å². The maximum absolute atomic E-state index is 13.1. The van der Waals surface area contributed by atoms with E-state index >= 15 is 0 Å². The number of carbonyl (C=O) groups excluding carboxylic acids is 1. The topological polar surface area (TPSA) is 36.1 Å². The van der Waals surface area contributed by atoms with Gasteiger partial charge in [0.15, 0.2) is 0 Å². The van der Waals surface area contributed by atoms with Crippen LogP contribution in [0.15, 0.2) is 30.5 Å². The van der Waals surface area contributed by atoms with Crippen LogP contribution in [0.5, 0.6) is 0 Å². The molecule has 2 heterocycles. The number of amides is 1. The smallest absolute Gasteiger partial charge is 0.235 e. The first-order valence-electron chi connectivity index (χ1n) is 9.96. The Balaban J connectivity index is 0.00000210. The third-order valence-electron chi connectivity index (χ3n) is 6.73. The number of carbonyl (C=O) groups is 1. The van der Waals surface area contributed by atoms with Crippen LogP contribution in [-0.2, 0) is 11.2 Å². The molecular weight excluding hydrogens is 449 g/mol. The van der Waals surface area contributed by atoms with Crippen LogP contribution in [0.3, 0.4) is 0 Å². The molecule has 4 rings (SSSR count). The standard InChI is InChI=1S/C22H30N3O.HI/c1-5-24(6-2)22(26)16-11-18-17-9-8-10-19-21(17)15(13-23-19)12-20(18)25(4,7-3)14-16;/h8-11,13,16,20,23H,5-7,12,14H2,1-4H3;1H/q+1;/p-1/t16-,20-,25?;/m1./s1. The van der Waals surface area contributed by atoms with Crippen LogP contribution < -0.4 is 24.0 Å². The zero-order valence-electron chi connectivity index (χ0n) is 16.8. The highest BCUT2D eigenvalue weighted by atomic mass is 127. The Morgan fingerprint density at radius 1 is 1.26 bits per heavy atom. The van der Waals surface area contributed by atoms with Gasteiger partial charge in [-0.3, -0.25) is 4.79 Å². The lowest BCUT2D eigenvalue weighted by Crippen LogP contribution is -3.00. The van der Waals surface area contributed by atoms with Crippen molar-refractivity contribution < 1.29 is 33.3 Å². The first-order chi connectivity index (χ1) is 12.5. The van der Waals surface area contributed by atoms with E-state index in [9.17, 15) is 4.79 Å². The number of hydrogen-bond donors (Lipinski definition) is 1. The lowest BCUT2D eigenvalue weighted by molar-refractivity contribution is -0.926. The minimum absolute atomic E-state index is 0. The van der Waals surface area contributed by atoms with Gasteiger partial charge in [0.25, 0.3) is 0 Å². The van der Waals surface area contributed by atoms with Crippen molar-refractivity contribution >= 4 is 22.4 Å². The van der Waals surface area contributed by atoms with Crippen molar-refractivity contribution in [3.05, 3.63) is 41.6 Å². The summed E-state index contributed by atoms with van der Waals surface area (Å²) < 4.78 is 0.935. The quantitative estimate of drug-likeness (QED) is 0.502. The zero-order valence-corrected chi connectivity index (χ0v) is 18.9. The zero-order chi connectivity index (χ0) is 18.5. The van der Waals surface area contributed by atoms with Crippen LogP contribution in [0.4, 0.5) is 0 Å². The molecule has 0 saturated carbocycles. The van der Waals surface area contributed by atoms with Gasteiger partial charge in [-0.15, -0.1) is 0 Å². The number of rotatable bonds is 4. The molecule has 1 aliphatic heterocycles. The minimum atomic E-state index is -0.0261. The second-order valence-corrected chi connectivity index (χ2v) is 7.98. The molecule has 0 fully saturated rings. The van der Waals surface area contributed by atoms with Crippen LogP contribution in [0, 0.1) is 5.92 Å². The highest BCUT2D eigenvalue weighted by molar-refractivity contribution is 5.99. The Morgan fingerprint density at radius 2 is 2.00 bits per heavy atom. The Labute approximate surface area is 179 Å². The highest BCUT2D eigenvalue weighted by Gasteiger charge is 2.45. The molecule has 1 N–H and O–H groups in total. The van der Waals surface area contributed by atoms with Crippen LogP contribution >= 0.6 is 0 Å². The number of likely N-dealkylation sites (N-methyl/N-ethyl adjacent to an activating group) is 1.